The lowest BCUT2D eigenvalue weighted by Crippen LogP contribution is -2.36. The molecular formula is C33H31N3O4S3. The van der Waals surface area contributed by atoms with E-state index in [1.807, 2.05) is 43.7 Å². The second-order valence-corrected chi connectivity index (χ2v) is 13.4. The summed E-state index contributed by atoms with van der Waals surface area (Å²) < 4.78 is 37.0. The molecule has 0 unspecified atom stereocenters. The molecule has 0 saturated carbocycles. The number of pyridine rings is 1. The van der Waals surface area contributed by atoms with Crippen molar-refractivity contribution in [2.45, 2.75) is 30.2 Å². The van der Waals surface area contributed by atoms with Gasteiger partial charge in [0.1, 0.15) is 31.4 Å². The van der Waals surface area contributed by atoms with Gasteiger partial charge in [-0.1, -0.05) is 59.8 Å². The Balaban J connectivity index is 0.000000283. The van der Waals surface area contributed by atoms with Crippen LogP contribution in [0.4, 0.5) is 5.69 Å². The molecule has 3 aromatic carbocycles. The highest BCUT2D eigenvalue weighted by Gasteiger charge is 2.24. The van der Waals surface area contributed by atoms with Crippen LogP contribution >= 0.6 is 23.1 Å². The highest BCUT2D eigenvalue weighted by Crippen LogP contribution is 2.44. The summed E-state index contributed by atoms with van der Waals surface area (Å²) in [7, 11) is -0.159. The smallest absolute Gasteiger partial charge is 0.271 e. The van der Waals surface area contributed by atoms with E-state index in [1.165, 1.54) is 22.6 Å². The molecule has 0 fully saturated rings. The van der Waals surface area contributed by atoms with Crippen molar-refractivity contribution < 1.29 is 17.5 Å². The van der Waals surface area contributed by atoms with E-state index >= 15 is 0 Å². The Kier molecular flexibility index (Phi) is 9.03. The first-order chi connectivity index (χ1) is 20.6. The Morgan fingerprint density at radius 3 is 2.23 bits per heavy atom. The number of nitrogens with zero attached hydrogens (tertiary/aromatic N) is 3. The zero-order valence-electron chi connectivity index (χ0n) is 24.2. The number of aromatic nitrogens is 2. The summed E-state index contributed by atoms with van der Waals surface area (Å²) >= 11 is 3.24. The fourth-order valence-electron chi connectivity index (χ4n) is 4.74. The van der Waals surface area contributed by atoms with Gasteiger partial charge >= 0.3 is 0 Å². The van der Waals surface area contributed by atoms with E-state index in [-0.39, 0.29) is 10.5 Å². The average Bonchev–Trinajstić information content (AvgIpc) is 3.49. The zero-order valence-corrected chi connectivity index (χ0v) is 26.7. The average molecular weight is 630 g/mol. The van der Waals surface area contributed by atoms with Crippen LogP contribution in [0.2, 0.25) is 0 Å². The number of para-hydroxylation sites is 1. The molecule has 10 heteroatoms. The van der Waals surface area contributed by atoms with Gasteiger partial charge in [0.05, 0.1) is 10.6 Å². The van der Waals surface area contributed by atoms with Crippen LogP contribution in [0, 0.1) is 6.92 Å². The lowest BCUT2D eigenvalue weighted by molar-refractivity contribution is -0.662. The number of thiazole rings is 1. The van der Waals surface area contributed by atoms with Gasteiger partial charge in [0, 0.05) is 42.3 Å². The summed E-state index contributed by atoms with van der Waals surface area (Å²) in [6.45, 7) is 4.49. The standard InChI is InChI=1S/C26H24N3OS2.C7H8O3S/c1-4-29-23(17-19-13-10-15-20(27(19)2)18-11-6-5-7-12-18)32-24(25(29)30)26-28(3)21-14-8-9-16-22(21)31-26;1-6-2-4-7(5-3-6)11(8,9)10/h5-17H,4H2,1-3H3;2-5H,1H3,(H,8,9,10)/q+1;/p-1/b26-24+;. The minimum absolute atomic E-state index is 0.0766. The van der Waals surface area contributed by atoms with Crippen molar-refractivity contribution in [1.82, 2.24) is 4.57 Å². The minimum Gasteiger partial charge on any atom is -0.744 e. The SMILES string of the molecule is CCn1c(=O)/c(=C2\Sc3ccccc3N2C)s/c1=C\c1cccc(-c2ccccc2)[n+]1C.Cc1ccc(S(=O)(=O)[O-])cc1. The number of thioether (sulfide) groups is 1. The molecule has 0 amide bonds. The van der Waals surface area contributed by atoms with Gasteiger partial charge in [0.2, 0.25) is 11.4 Å². The van der Waals surface area contributed by atoms with Crippen LogP contribution < -0.4 is 24.2 Å². The van der Waals surface area contributed by atoms with Crippen LogP contribution in [0.25, 0.3) is 22.4 Å². The molecule has 0 aliphatic carbocycles. The molecule has 7 nitrogen and oxygen atoms in total. The van der Waals surface area contributed by atoms with Crippen LogP contribution in [0.15, 0.2) is 112 Å². The fourth-order valence-corrected chi connectivity index (χ4v) is 7.68. The van der Waals surface area contributed by atoms with Crippen molar-refractivity contribution in [3.05, 3.63) is 128 Å². The highest BCUT2D eigenvalue weighted by molar-refractivity contribution is 8.08. The Hall–Kier alpha value is -3.96. The van der Waals surface area contributed by atoms with Gasteiger partial charge in [-0.25, -0.2) is 8.42 Å². The van der Waals surface area contributed by atoms with Crippen molar-refractivity contribution >= 4 is 50.0 Å². The second-order valence-electron chi connectivity index (χ2n) is 9.93. The summed E-state index contributed by atoms with van der Waals surface area (Å²) in [5.41, 5.74) is 5.52. The lowest BCUT2D eigenvalue weighted by Gasteiger charge is -2.11. The molecule has 0 saturated heterocycles. The summed E-state index contributed by atoms with van der Waals surface area (Å²) in [6.07, 6.45) is 2.12. The Labute approximate surface area is 259 Å². The number of rotatable bonds is 4. The lowest BCUT2D eigenvalue weighted by atomic mass is 10.1. The van der Waals surface area contributed by atoms with Crippen molar-refractivity contribution in [3.8, 4) is 11.3 Å². The third-order valence-corrected chi connectivity index (χ3v) is 10.4. The van der Waals surface area contributed by atoms with Gasteiger partial charge in [-0.05, 0) is 56.3 Å². The fraction of sp³-hybridized carbons (Fsp3) is 0.152. The van der Waals surface area contributed by atoms with Crippen molar-refractivity contribution in [2.75, 3.05) is 11.9 Å². The van der Waals surface area contributed by atoms with E-state index in [1.54, 1.807) is 35.2 Å². The Morgan fingerprint density at radius 1 is 0.907 bits per heavy atom. The topological polar surface area (TPSA) is 86.3 Å². The first kappa shape index (κ1) is 30.5. The summed E-state index contributed by atoms with van der Waals surface area (Å²) in [6, 6.07) is 30.7. The van der Waals surface area contributed by atoms with Gasteiger partial charge in [-0.2, -0.15) is 4.57 Å². The number of benzene rings is 3. The summed E-state index contributed by atoms with van der Waals surface area (Å²) in [5.74, 6) is 0. The van der Waals surface area contributed by atoms with E-state index in [0.29, 0.717) is 6.54 Å². The molecule has 0 spiro atoms. The maximum absolute atomic E-state index is 13.4. The van der Waals surface area contributed by atoms with Crippen LogP contribution in [-0.2, 0) is 23.7 Å². The molecule has 3 heterocycles. The van der Waals surface area contributed by atoms with Crippen LogP contribution in [0.5, 0.6) is 0 Å². The predicted molar refractivity (Wildman–Crippen MR) is 173 cm³/mol. The predicted octanol–water partition coefficient (Wildman–Crippen LogP) is 4.46. The Bertz CT molecular complexity index is 2070. The van der Waals surface area contributed by atoms with E-state index in [4.69, 9.17) is 0 Å². The van der Waals surface area contributed by atoms with E-state index in [9.17, 15) is 17.8 Å². The normalized spacial score (nSPS) is 14.3. The summed E-state index contributed by atoms with van der Waals surface area (Å²) in [4.78, 5) is 16.5. The molecule has 5 aromatic rings. The number of hydrogen-bond donors (Lipinski definition) is 0. The van der Waals surface area contributed by atoms with Gasteiger partial charge < -0.3 is 9.45 Å². The number of anilines is 1. The number of fused-ring (bicyclic) bond motifs is 1. The minimum atomic E-state index is -4.27. The Morgan fingerprint density at radius 2 is 1.58 bits per heavy atom. The molecule has 2 aromatic heterocycles. The molecule has 0 atom stereocenters. The summed E-state index contributed by atoms with van der Waals surface area (Å²) in [5, 5.41) is 1.01. The third kappa shape index (κ3) is 6.52. The first-order valence-corrected chi connectivity index (χ1v) is 16.7. The van der Waals surface area contributed by atoms with Gasteiger partial charge in [0.15, 0.2) is 0 Å². The molecule has 43 heavy (non-hydrogen) atoms. The largest absolute Gasteiger partial charge is 0.744 e. The van der Waals surface area contributed by atoms with Crippen LogP contribution in [0.3, 0.4) is 0 Å². The molecular weight excluding hydrogens is 599 g/mol. The first-order valence-electron chi connectivity index (χ1n) is 13.6. The molecule has 0 N–H and O–H groups in total. The molecule has 1 aliphatic heterocycles. The van der Waals surface area contributed by atoms with Crippen molar-refractivity contribution in [2.24, 2.45) is 7.05 Å². The molecule has 0 bridgehead atoms. The maximum atomic E-state index is 13.4. The molecule has 0 radical (unpaired) electrons. The molecule has 6 rings (SSSR count). The van der Waals surface area contributed by atoms with Crippen molar-refractivity contribution in [1.29, 1.82) is 0 Å². The van der Waals surface area contributed by atoms with E-state index in [2.05, 4.69) is 77.2 Å². The monoisotopic (exact) mass is 629 g/mol. The van der Waals surface area contributed by atoms with Gasteiger partial charge in [0.25, 0.3) is 5.56 Å². The quantitative estimate of drug-likeness (QED) is 0.216. The van der Waals surface area contributed by atoms with Crippen LogP contribution in [0.1, 0.15) is 18.2 Å². The number of hydrogen-bond acceptors (Lipinski definition) is 7. The molecule has 220 valence electrons. The van der Waals surface area contributed by atoms with E-state index < -0.39 is 10.1 Å². The van der Waals surface area contributed by atoms with Gasteiger partial charge in [-0.3, -0.25) is 9.36 Å². The van der Waals surface area contributed by atoms with E-state index in [0.717, 1.165) is 36.9 Å². The van der Waals surface area contributed by atoms with Crippen molar-refractivity contribution in [3.63, 3.8) is 0 Å². The highest BCUT2D eigenvalue weighted by atomic mass is 32.2. The number of aryl methyl sites for hydroxylation is 1. The van der Waals surface area contributed by atoms with Gasteiger partial charge in [-0.15, -0.1) is 11.3 Å². The van der Waals surface area contributed by atoms with Crippen LogP contribution in [-0.4, -0.2) is 24.6 Å². The third-order valence-electron chi connectivity index (χ3n) is 7.08. The molecule has 1 aliphatic rings. The zero-order chi connectivity index (χ0) is 30.7. The second kappa shape index (κ2) is 12.7. The maximum Gasteiger partial charge on any atom is 0.271 e.